The quantitative estimate of drug-likeness (QED) is 0.635. The highest BCUT2D eigenvalue weighted by Crippen LogP contribution is 2.21. The van der Waals surface area contributed by atoms with Crippen molar-refractivity contribution in [2.75, 3.05) is 18.8 Å². The molecule has 0 aromatic rings. The van der Waals surface area contributed by atoms with Crippen LogP contribution in [0.1, 0.15) is 33.1 Å². The topological polar surface area (TPSA) is 58.2 Å². The molecule has 0 radical (unpaired) electrons. The third-order valence-electron chi connectivity index (χ3n) is 2.11. The van der Waals surface area contributed by atoms with Crippen LogP contribution in [0.4, 0.5) is 13.2 Å². The number of alkyl halides is 3. The fourth-order valence-electron chi connectivity index (χ4n) is 1.44. The normalized spacial score (nSPS) is 14.7. The molecule has 18 heavy (non-hydrogen) atoms. The molecule has 1 unspecified atom stereocenters. The SMILES string of the molecule is CCCNCCCS(=O)(=O)NC(C)CC(F)(F)F. The van der Waals surface area contributed by atoms with Gasteiger partial charge in [0.25, 0.3) is 0 Å². The predicted octanol–water partition coefficient (Wildman–Crippen LogP) is 1.64. The lowest BCUT2D eigenvalue weighted by Crippen LogP contribution is -2.37. The number of halogens is 3. The molecule has 0 aliphatic heterocycles. The van der Waals surface area contributed by atoms with Gasteiger partial charge in [-0.25, -0.2) is 13.1 Å². The Bertz CT molecular complexity index is 318. The molecule has 2 N–H and O–H groups in total. The second kappa shape index (κ2) is 7.96. The van der Waals surface area contributed by atoms with Crippen molar-refractivity contribution in [3.05, 3.63) is 0 Å². The number of nitrogens with one attached hydrogen (secondary N) is 2. The Labute approximate surface area is 106 Å². The fourth-order valence-corrected chi connectivity index (χ4v) is 2.78. The molecule has 0 fully saturated rings. The lowest BCUT2D eigenvalue weighted by Gasteiger charge is -2.15. The third-order valence-corrected chi connectivity index (χ3v) is 3.70. The smallest absolute Gasteiger partial charge is 0.317 e. The van der Waals surface area contributed by atoms with Gasteiger partial charge in [0, 0.05) is 6.04 Å². The Morgan fingerprint density at radius 1 is 1.22 bits per heavy atom. The van der Waals surface area contributed by atoms with Crippen LogP contribution in [0.2, 0.25) is 0 Å². The lowest BCUT2D eigenvalue weighted by molar-refractivity contribution is -0.137. The first kappa shape index (κ1) is 17.7. The van der Waals surface area contributed by atoms with Crippen LogP contribution in [0.15, 0.2) is 0 Å². The Hall–Kier alpha value is -0.340. The van der Waals surface area contributed by atoms with E-state index in [9.17, 15) is 21.6 Å². The molecule has 0 aliphatic rings. The van der Waals surface area contributed by atoms with E-state index < -0.39 is 28.7 Å². The van der Waals surface area contributed by atoms with Crippen molar-refractivity contribution in [3.8, 4) is 0 Å². The van der Waals surface area contributed by atoms with E-state index >= 15 is 0 Å². The van der Waals surface area contributed by atoms with Crippen molar-refractivity contribution in [1.29, 1.82) is 0 Å². The summed E-state index contributed by atoms with van der Waals surface area (Å²) in [6, 6.07) is -1.13. The number of hydrogen-bond acceptors (Lipinski definition) is 3. The van der Waals surface area contributed by atoms with E-state index in [2.05, 4.69) is 5.32 Å². The maximum absolute atomic E-state index is 12.0. The zero-order valence-electron chi connectivity index (χ0n) is 10.7. The first-order valence-electron chi connectivity index (χ1n) is 5.94. The maximum Gasteiger partial charge on any atom is 0.390 e. The van der Waals surface area contributed by atoms with Gasteiger partial charge in [0.15, 0.2) is 0 Å². The summed E-state index contributed by atoms with van der Waals surface area (Å²) in [5.41, 5.74) is 0. The minimum absolute atomic E-state index is 0.161. The summed E-state index contributed by atoms with van der Waals surface area (Å²) >= 11 is 0. The Kier molecular flexibility index (Phi) is 7.81. The van der Waals surface area contributed by atoms with Crippen LogP contribution in [0.3, 0.4) is 0 Å². The number of hydrogen-bond donors (Lipinski definition) is 2. The van der Waals surface area contributed by atoms with Crippen LogP contribution in [-0.4, -0.2) is 39.5 Å². The summed E-state index contributed by atoms with van der Waals surface area (Å²) in [7, 11) is -3.63. The minimum atomic E-state index is -4.36. The molecular weight excluding hydrogens is 269 g/mol. The molecule has 4 nitrogen and oxygen atoms in total. The molecule has 0 bridgehead atoms. The summed E-state index contributed by atoms with van der Waals surface area (Å²) < 4.78 is 61.0. The summed E-state index contributed by atoms with van der Waals surface area (Å²) in [6.45, 7) is 4.55. The van der Waals surface area contributed by atoms with Gasteiger partial charge in [0.05, 0.1) is 12.2 Å². The van der Waals surface area contributed by atoms with Crippen molar-refractivity contribution < 1.29 is 21.6 Å². The number of rotatable bonds is 9. The summed E-state index contributed by atoms with van der Waals surface area (Å²) in [5.74, 6) is -0.161. The molecule has 0 saturated carbocycles. The fraction of sp³-hybridized carbons (Fsp3) is 1.00. The highest BCUT2D eigenvalue weighted by atomic mass is 32.2. The zero-order chi connectivity index (χ0) is 14.2. The van der Waals surface area contributed by atoms with Gasteiger partial charge < -0.3 is 5.32 Å². The minimum Gasteiger partial charge on any atom is -0.317 e. The van der Waals surface area contributed by atoms with Crippen LogP contribution >= 0.6 is 0 Å². The van der Waals surface area contributed by atoms with Crippen LogP contribution < -0.4 is 10.0 Å². The van der Waals surface area contributed by atoms with Crippen molar-refractivity contribution >= 4 is 10.0 Å². The standard InChI is InChI=1S/C10H21F3N2O2S/c1-3-5-14-6-4-7-18(16,17)15-9(2)8-10(11,12)13/h9,14-15H,3-8H2,1-2H3. The Balaban J connectivity index is 3.93. The van der Waals surface area contributed by atoms with E-state index in [0.29, 0.717) is 13.0 Å². The summed E-state index contributed by atoms with van der Waals surface area (Å²) in [5, 5.41) is 3.03. The molecule has 0 aromatic heterocycles. The molecular formula is C10H21F3N2O2S. The lowest BCUT2D eigenvalue weighted by atomic mass is 10.2. The maximum atomic E-state index is 12.0. The second-order valence-electron chi connectivity index (χ2n) is 4.26. The van der Waals surface area contributed by atoms with E-state index in [0.717, 1.165) is 13.0 Å². The van der Waals surface area contributed by atoms with E-state index in [-0.39, 0.29) is 5.75 Å². The number of sulfonamides is 1. The monoisotopic (exact) mass is 290 g/mol. The van der Waals surface area contributed by atoms with E-state index in [4.69, 9.17) is 0 Å². The van der Waals surface area contributed by atoms with Gasteiger partial charge in [0.2, 0.25) is 10.0 Å². The highest BCUT2D eigenvalue weighted by Gasteiger charge is 2.31. The van der Waals surface area contributed by atoms with E-state index in [1.165, 1.54) is 6.92 Å². The van der Waals surface area contributed by atoms with Crippen LogP contribution in [0.25, 0.3) is 0 Å². The highest BCUT2D eigenvalue weighted by molar-refractivity contribution is 7.89. The first-order valence-corrected chi connectivity index (χ1v) is 7.59. The van der Waals surface area contributed by atoms with Gasteiger partial charge in [0.1, 0.15) is 0 Å². The Morgan fingerprint density at radius 2 is 1.83 bits per heavy atom. The van der Waals surface area contributed by atoms with Crippen LogP contribution in [0.5, 0.6) is 0 Å². The van der Waals surface area contributed by atoms with Gasteiger partial charge >= 0.3 is 6.18 Å². The van der Waals surface area contributed by atoms with Gasteiger partial charge in [-0.1, -0.05) is 6.92 Å². The van der Waals surface area contributed by atoms with Crippen molar-refractivity contribution in [1.82, 2.24) is 10.0 Å². The summed E-state index contributed by atoms with van der Waals surface area (Å²) in [6.07, 6.45) is -4.17. The first-order chi connectivity index (χ1) is 8.16. The average molecular weight is 290 g/mol. The Morgan fingerprint density at radius 3 is 2.33 bits per heavy atom. The molecule has 110 valence electrons. The van der Waals surface area contributed by atoms with Crippen LogP contribution in [-0.2, 0) is 10.0 Å². The summed E-state index contributed by atoms with van der Waals surface area (Å²) in [4.78, 5) is 0. The van der Waals surface area contributed by atoms with E-state index in [1.807, 2.05) is 11.6 Å². The molecule has 8 heteroatoms. The third kappa shape index (κ3) is 10.8. The second-order valence-corrected chi connectivity index (χ2v) is 6.13. The van der Waals surface area contributed by atoms with Gasteiger partial charge in [-0.15, -0.1) is 0 Å². The molecule has 0 rings (SSSR count). The van der Waals surface area contributed by atoms with Crippen LogP contribution in [0, 0.1) is 0 Å². The zero-order valence-corrected chi connectivity index (χ0v) is 11.5. The molecule has 0 aromatic carbocycles. The van der Waals surface area contributed by atoms with Crippen molar-refractivity contribution in [2.24, 2.45) is 0 Å². The van der Waals surface area contributed by atoms with Gasteiger partial charge in [-0.2, -0.15) is 13.2 Å². The molecule has 0 heterocycles. The van der Waals surface area contributed by atoms with Gasteiger partial charge in [-0.05, 0) is 32.9 Å². The molecule has 0 saturated heterocycles. The van der Waals surface area contributed by atoms with Crippen molar-refractivity contribution in [3.63, 3.8) is 0 Å². The van der Waals surface area contributed by atoms with Crippen molar-refractivity contribution in [2.45, 2.75) is 45.3 Å². The predicted molar refractivity (Wildman–Crippen MR) is 64.8 cm³/mol. The molecule has 0 spiro atoms. The molecule has 1 atom stereocenters. The largest absolute Gasteiger partial charge is 0.390 e. The molecule has 0 amide bonds. The average Bonchev–Trinajstić information content (AvgIpc) is 2.12. The molecule has 0 aliphatic carbocycles. The van der Waals surface area contributed by atoms with Gasteiger partial charge in [-0.3, -0.25) is 0 Å². The van der Waals surface area contributed by atoms with E-state index in [1.54, 1.807) is 0 Å².